The summed E-state index contributed by atoms with van der Waals surface area (Å²) in [6.07, 6.45) is 1.44. The molecule has 0 unspecified atom stereocenters. The smallest absolute Gasteiger partial charge is 0.273 e. The lowest BCUT2D eigenvalue weighted by molar-refractivity contribution is 0.628. The Labute approximate surface area is 130 Å². The maximum Gasteiger partial charge on any atom is 0.273 e. The summed E-state index contributed by atoms with van der Waals surface area (Å²) in [5.41, 5.74) is 1.73. The van der Waals surface area contributed by atoms with Gasteiger partial charge in [0.15, 0.2) is 0 Å². The van der Waals surface area contributed by atoms with Crippen molar-refractivity contribution in [2.45, 2.75) is 0 Å². The van der Waals surface area contributed by atoms with Gasteiger partial charge in [0.05, 0.1) is 16.9 Å². The summed E-state index contributed by atoms with van der Waals surface area (Å²) in [5, 5.41) is 5.84. The number of halogens is 2. The fourth-order valence-corrected chi connectivity index (χ4v) is 2.15. The molecule has 0 aliphatic carbocycles. The second-order valence-electron chi connectivity index (χ2n) is 4.61. The number of nitrogens with zero attached hydrogens (tertiary/aromatic N) is 1. The van der Waals surface area contributed by atoms with Crippen LogP contribution in [0.1, 0.15) is 5.56 Å². The fraction of sp³-hybridized carbons (Fsp3) is 0. The molecule has 0 amide bonds. The lowest BCUT2D eigenvalue weighted by Crippen LogP contribution is -2.05. The van der Waals surface area contributed by atoms with Crippen molar-refractivity contribution in [1.29, 1.82) is 0 Å². The molecule has 2 N–H and O–H groups in total. The average Bonchev–Trinajstić information content (AvgIpc) is 2.88. The largest absolute Gasteiger partial charge is 0.297 e. The topological polar surface area (TPSA) is 61.0 Å². The molecule has 110 valence electrons. The van der Waals surface area contributed by atoms with E-state index in [1.54, 1.807) is 36.4 Å². The molecule has 0 saturated carbocycles. The number of hydrogen-bond acceptors (Lipinski definition) is 2. The highest BCUT2D eigenvalue weighted by Gasteiger charge is 2.10. The van der Waals surface area contributed by atoms with Gasteiger partial charge < -0.3 is 0 Å². The molecule has 4 nitrogen and oxygen atoms in total. The number of aliphatic imine (C=N–C) groups is 1. The Morgan fingerprint density at radius 3 is 2.59 bits per heavy atom. The number of aromatic amines is 2. The van der Waals surface area contributed by atoms with Crippen molar-refractivity contribution in [3.63, 3.8) is 0 Å². The van der Waals surface area contributed by atoms with Gasteiger partial charge in [0.2, 0.25) is 0 Å². The molecule has 3 aromatic rings. The summed E-state index contributed by atoms with van der Waals surface area (Å²) in [6.45, 7) is 0. The van der Waals surface area contributed by atoms with Crippen molar-refractivity contribution < 1.29 is 4.39 Å². The van der Waals surface area contributed by atoms with Crippen molar-refractivity contribution in [2.75, 3.05) is 0 Å². The van der Waals surface area contributed by atoms with E-state index >= 15 is 0 Å². The van der Waals surface area contributed by atoms with E-state index in [-0.39, 0.29) is 11.4 Å². The third-order valence-corrected chi connectivity index (χ3v) is 3.35. The number of nitrogens with one attached hydrogen (secondary N) is 2. The van der Waals surface area contributed by atoms with Gasteiger partial charge in [-0.25, -0.2) is 4.39 Å². The van der Waals surface area contributed by atoms with Crippen LogP contribution in [0.5, 0.6) is 0 Å². The first-order valence-corrected chi connectivity index (χ1v) is 6.87. The summed E-state index contributed by atoms with van der Waals surface area (Å²) in [4.78, 5) is 16.1. The Morgan fingerprint density at radius 2 is 1.86 bits per heavy atom. The van der Waals surface area contributed by atoms with Gasteiger partial charge in [-0.15, -0.1) is 0 Å². The first-order valence-electron chi connectivity index (χ1n) is 6.50. The zero-order chi connectivity index (χ0) is 15.5. The normalized spacial score (nSPS) is 11.2. The van der Waals surface area contributed by atoms with E-state index in [0.29, 0.717) is 27.5 Å². The molecule has 3 rings (SSSR count). The maximum atomic E-state index is 13.3. The number of benzene rings is 2. The Morgan fingerprint density at radius 1 is 1.09 bits per heavy atom. The van der Waals surface area contributed by atoms with Crippen LogP contribution < -0.4 is 5.56 Å². The number of H-pyrrole nitrogens is 2. The van der Waals surface area contributed by atoms with Crippen molar-refractivity contribution in [1.82, 2.24) is 10.2 Å². The number of aromatic nitrogens is 2. The molecule has 0 spiro atoms. The molecule has 6 heteroatoms. The van der Waals surface area contributed by atoms with Crippen molar-refractivity contribution in [3.8, 4) is 11.3 Å². The van der Waals surface area contributed by atoms with E-state index in [4.69, 9.17) is 11.6 Å². The van der Waals surface area contributed by atoms with Gasteiger partial charge in [0, 0.05) is 16.8 Å². The molecule has 0 bridgehead atoms. The molecule has 0 radical (unpaired) electrons. The van der Waals surface area contributed by atoms with Crippen LogP contribution in [0.15, 0.2) is 58.3 Å². The molecule has 0 aliphatic heterocycles. The van der Waals surface area contributed by atoms with Crippen LogP contribution in [-0.2, 0) is 0 Å². The summed E-state index contributed by atoms with van der Waals surface area (Å²) < 4.78 is 13.3. The van der Waals surface area contributed by atoms with E-state index < -0.39 is 0 Å². The van der Waals surface area contributed by atoms with Gasteiger partial charge in [0.25, 0.3) is 5.56 Å². The van der Waals surface area contributed by atoms with E-state index in [1.807, 2.05) is 0 Å². The first-order chi connectivity index (χ1) is 10.6. The minimum atomic E-state index is -0.375. The molecule has 0 aliphatic rings. The highest BCUT2D eigenvalue weighted by molar-refractivity contribution is 6.30. The molecular weight excluding hydrogens is 305 g/mol. The van der Waals surface area contributed by atoms with Gasteiger partial charge in [-0.05, 0) is 36.4 Å². The molecule has 0 atom stereocenters. The second-order valence-corrected chi connectivity index (χ2v) is 5.05. The van der Waals surface area contributed by atoms with Gasteiger partial charge in [-0.1, -0.05) is 23.7 Å². The summed E-state index contributed by atoms with van der Waals surface area (Å²) in [7, 11) is 0. The van der Waals surface area contributed by atoms with Crippen LogP contribution in [0, 0.1) is 5.82 Å². The van der Waals surface area contributed by atoms with Crippen LogP contribution in [0.4, 0.5) is 10.1 Å². The Kier molecular flexibility index (Phi) is 3.89. The zero-order valence-electron chi connectivity index (χ0n) is 11.3. The molecule has 0 saturated heterocycles. The molecule has 2 aromatic carbocycles. The average molecular weight is 316 g/mol. The van der Waals surface area contributed by atoms with Gasteiger partial charge >= 0.3 is 0 Å². The van der Waals surface area contributed by atoms with Gasteiger partial charge in [-0.2, -0.15) is 0 Å². The summed E-state index contributed by atoms with van der Waals surface area (Å²) in [6, 6.07) is 12.9. The second kappa shape index (κ2) is 5.99. The van der Waals surface area contributed by atoms with Crippen LogP contribution in [0.3, 0.4) is 0 Å². The SMILES string of the molecule is O=c1[nH][nH]c(-c2cccc(F)c2)c1C=Nc1ccc(Cl)cc1. The standard InChI is InChI=1S/C16H11ClFN3O/c17-11-4-6-13(7-5-11)19-9-14-15(20-21-16(14)22)10-2-1-3-12(18)8-10/h1-9H,(H2,20,21,22). The third-order valence-electron chi connectivity index (χ3n) is 3.10. The van der Waals surface area contributed by atoms with Gasteiger partial charge in [-0.3, -0.25) is 20.0 Å². The monoisotopic (exact) mass is 315 g/mol. The molecule has 1 heterocycles. The maximum absolute atomic E-state index is 13.3. The predicted molar refractivity (Wildman–Crippen MR) is 85.5 cm³/mol. The van der Waals surface area contributed by atoms with Crippen molar-refractivity contribution in [3.05, 3.63) is 75.3 Å². The molecule has 22 heavy (non-hydrogen) atoms. The van der Waals surface area contributed by atoms with Crippen LogP contribution >= 0.6 is 11.6 Å². The predicted octanol–water partition coefficient (Wildman–Crippen LogP) is 3.91. The van der Waals surface area contributed by atoms with E-state index in [9.17, 15) is 9.18 Å². The Bertz CT molecular complexity index is 881. The lowest BCUT2D eigenvalue weighted by atomic mass is 10.1. The fourth-order valence-electron chi connectivity index (χ4n) is 2.03. The van der Waals surface area contributed by atoms with Crippen LogP contribution in [0.2, 0.25) is 5.02 Å². The minimum absolute atomic E-state index is 0.322. The van der Waals surface area contributed by atoms with Crippen molar-refractivity contribution in [2.24, 2.45) is 4.99 Å². The Balaban J connectivity index is 1.99. The molecule has 0 fully saturated rings. The Hall–Kier alpha value is -2.66. The minimum Gasteiger partial charge on any atom is -0.297 e. The highest BCUT2D eigenvalue weighted by Crippen LogP contribution is 2.20. The lowest BCUT2D eigenvalue weighted by Gasteiger charge is -1.99. The van der Waals surface area contributed by atoms with E-state index in [1.165, 1.54) is 18.3 Å². The summed E-state index contributed by atoms with van der Waals surface area (Å²) >= 11 is 5.81. The molecular formula is C16H11ClFN3O. The molecule has 1 aromatic heterocycles. The quantitative estimate of drug-likeness (QED) is 0.707. The first kappa shape index (κ1) is 14.3. The zero-order valence-corrected chi connectivity index (χ0v) is 12.1. The van der Waals surface area contributed by atoms with Crippen LogP contribution in [-0.4, -0.2) is 16.4 Å². The van der Waals surface area contributed by atoms with Crippen molar-refractivity contribution >= 4 is 23.5 Å². The number of hydrogen-bond donors (Lipinski definition) is 2. The highest BCUT2D eigenvalue weighted by atomic mass is 35.5. The van der Waals surface area contributed by atoms with E-state index in [0.717, 1.165) is 0 Å². The van der Waals surface area contributed by atoms with Crippen LogP contribution in [0.25, 0.3) is 11.3 Å². The van der Waals surface area contributed by atoms with E-state index in [2.05, 4.69) is 15.2 Å². The number of rotatable bonds is 3. The summed E-state index contributed by atoms with van der Waals surface area (Å²) in [5.74, 6) is -0.375. The van der Waals surface area contributed by atoms with Gasteiger partial charge in [0.1, 0.15) is 5.82 Å². The third kappa shape index (κ3) is 2.99.